The maximum atomic E-state index is 13.5. The molecule has 8 nitrogen and oxygen atoms in total. The summed E-state index contributed by atoms with van der Waals surface area (Å²) in [5.74, 6) is -0.736. The van der Waals surface area contributed by atoms with E-state index in [1.54, 1.807) is 37.3 Å². The van der Waals surface area contributed by atoms with Gasteiger partial charge in [-0.2, -0.15) is 12.7 Å². The Kier molecular flexibility index (Phi) is 9.43. The van der Waals surface area contributed by atoms with E-state index in [0.717, 1.165) is 14.2 Å². The first-order valence-electron chi connectivity index (χ1n) is 10.9. The van der Waals surface area contributed by atoms with Gasteiger partial charge >= 0.3 is 10.2 Å². The van der Waals surface area contributed by atoms with E-state index >= 15 is 0 Å². The van der Waals surface area contributed by atoms with E-state index in [9.17, 15) is 18.0 Å². The van der Waals surface area contributed by atoms with Gasteiger partial charge < -0.3 is 10.2 Å². The molecule has 0 radical (unpaired) electrons. The molecule has 9 heteroatoms. The fourth-order valence-corrected chi connectivity index (χ4v) is 4.34. The van der Waals surface area contributed by atoms with Crippen LogP contribution >= 0.6 is 0 Å². The van der Waals surface area contributed by atoms with E-state index in [0.29, 0.717) is 12.1 Å². The van der Waals surface area contributed by atoms with Gasteiger partial charge in [0, 0.05) is 26.7 Å². The molecule has 0 aliphatic heterocycles. The molecular weight excluding hydrogens is 440 g/mol. The molecule has 0 fully saturated rings. The van der Waals surface area contributed by atoms with E-state index in [4.69, 9.17) is 0 Å². The van der Waals surface area contributed by atoms with Crippen LogP contribution in [0, 0.1) is 0 Å². The lowest BCUT2D eigenvalue weighted by molar-refractivity contribution is -0.139. The molecule has 1 atom stereocenters. The van der Waals surface area contributed by atoms with Crippen molar-refractivity contribution in [1.29, 1.82) is 0 Å². The third kappa shape index (κ3) is 7.30. The van der Waals surface area contributed by atoms with Crippen molar-refractivity contribution in [2.24, 2.45) is 0 Å². The maximum Gasteiger partial charge on any atom is 0.304 e. The van der Waals surface area contributed by atoms with Crippen LogP contribution in [-0.4, -0.2) is 68.7 Å². The second-order valence-electron chi connectivity index (χ2n) is 8.29. The monoisotopic (exact) mass is 474 g/mol. The molecular formula is C24H34N4O4S. The van der Waals surface area contributed by atoms with Crippen LogP contribution < -0.4 is 9.62 Å². The third-order valence-electron chi connectivity index (χ3n) is 5.15. The summed E-state index contributed by atoms with van der Waals surface area (Å²) in [6.07, 6.45) is 0.539. The van der Waals surface area contributed by atoms with Crippen molar-refractivity contribution < 1.29 is 18.0 Å². The highest BCUT2D eigenvalue weighted by atomic mass is 32.2. The van der Waals surface area contributed by atoms with Crippen molar-refractivity contribution in [3.05, 3.63) is 66.2 Å². The molecule has 2 aromatic rings. The summed E-state index contributed by atoms with van der Waals surface area (Å²) in [5.41, 5.74) is 1.40. The van der Waals surface area contributed by atoms with Gasteiger partial charge in [0.1, 0.15) is 12.6 Å². The zero-order valence-electron chi connectivity index (χ0n) is 19.9. The highest BCUT2D eigenvalue weighted by molar-refractivity contribution is 7.90. The molecule has 0 heterocycles. The van der Waals surface area contributed by atoms with Gasteiger partial charge in [-0.05, 0) is 44.9 Å². The Morgan fingerprint density at radius 3 is 1.97 bits per heavy atom. The molecule has 0 aromatic heterocycles. The molecule has 1 unspecified atom stereocenters. The van der Waals surface area contributed by atoms with E-state index in [-0.39, 0.29) is 18.5 Å². The Labute approximate surface area is 197 Å². The van der Waals surface area contributed by atoms with E-state index in [2.05, 4.69) is 5.32 Å². The first-order chi connectivity index (χ1) is 15.5. The summed E-state index contributed by atoms with van der Waals surface area (Å²) in [4.78, 5) is 27.6. The van der Waals surface area contributed by atoms with Crippen molar-refractivity contribution in [3.8, 4) is 0 Å². The fourth-order valence-electron chi connectivity index (χ4n) is 3.29. The smallest absolute Gasteiger partial charge is 0.304 e. The van der Waals surface area contributed by atoms with E-state index < -0.39 is 28.7 Å². The average molecular weight is 475 g/mol. The summed E-state index contributed by atoms with van der Waals surface area (Å²) in [6, 6.07) is 17.3. The van der Waals surface area contributed by atoms with Crippen LogP contribution in [0.15, 0.2) is 60.7 Å². The zero-order valence-corrected chi connectivity index (χ0v) is 20.7. The maximum absolute atomic E-state index is 13.5. The van der Waals surface area contributed by atoms with Crippen molar-refractivity contribution >= 4 is 27.7 Å². The van der Waals surface area contributed by atoms with Gasteiger partial charge in [-0.1, -0.05) is 48.5 Å². The van der Waals surface area contributed by atoms with Crippen molar-refractivity contribution in [1.82, 2.24) is 14.5 Å². The van der Waals surface area contributed by atoms with Gasteiger partial charge in [-0.15, -0.1) is 0 Å². The molecule has 0 aliphatic carbocycles. The molecule has 0 bridgehead atoms. The standard InChI is InChI=1S/C24H34N4O4S/c1-19(2)25-24(30)20(3)27(17-16-21-12-8-6-9-13-21)23(29)18-28(33(31,32)26(4)5)22-14-10-7-11-15-22/h6-15,19-20H,16-18H2,1-5H3,(H,25,30). The van der Waals surface area contributed by atoms with Gasteiger partial charge in [-0.25, -0.2) is 4.31 Å². The molecule has 0 aliphatic rings. The molecule has 33 heavy (non-hydrogen) atoms. The fraction of sp³-hybridized carbons (Fsp3) is 0.417. The first-order valence-corrected chi connectivity index (χ1v) is 12.3. The molecule has 2 amide bonds. The molecule has 2 rings (SSSR count). The Morgan fingerprint density at radius 2 is 1.45 bits per heavy atom. The first kappa shape index (κ1) is 26.3. The number of hydrogen-bond donors (Lipinski definition) is 1. The lowest BCUT2D eigenvalue weighted by atomic mass is 10.1. The second kappa shape index (κ2) is 11.8. The highest BCUT2D eigenvalue weighted by Gasteiger charge is 2.32. The average Bonchev–Trinajstić information content (AvgIpc) is 2.78. The summed E-state index contributed by atoms with van der Waals surface area (Å²) in [6.45, 7) is 5.22. The number of hydrogen-bond acceptors (Lipinski definition) is 4. The number of amides is 2. The number of carbonyl (C=O) groups excluding carboxylic acids is 2. The van der Waals surface area contributed by atoms with Gasteiger partial charge in [-0.3, -0.25) is 9.59 Å². The topological polar surface area (TPSA) is 90.0 Å². The Balaban J connectivity index is 2.34. The van der Waals surface area contributed by atoms with Crippen LogP contribution in [-0.2, 0) is 26.2 Å². The molecule has 180 valence electrons. The van der Waals surface area contributed by atoms with Crippen LogP contribution in [0.25, 0.3) is 0 Å². The molecule has 2 aromatic carbocycles. The number of para-hydroxylation sites is 1. The Morgan fingerprint density at radius 1 is 0.909 bits per heavy atom. The van der Waals surface area contributed by atoms with Gasteiger partial charge in [0.25, 0.3) is 0 Å². The lowest BCUT2D eigenvalue weighted by Gasteiger charge is -2.33. The third-order valence-corrected chi connectivity index (χ3v) is 6.97. The van der Waals surface area contributed by atoms with Crippen LogP contribution in [0.4, 0.5) is 5.69 Å². The normalized spacial score (nSPS) is 12.5. The van der Waals surface area contributed by atoms with Gasteiger partial charge in [0.2, 0.25) is 11.8 Å². The highest BCUT2D eigenvalue weighted by Crippen LogP contribution is 2.20. The summed E-state index contributed by atoms with van der Waals surface area (Å²) in [7, 11) is -1.10. The number of carbonyl (C=O) groups is 2. The van der Waals surface area contributed by atoms with Crippen LogP contribution in [0.5, 0.6) is 0 Å². The summed E-state index contributed by atoms with van der Waals surface area (Å²) in [5, 5.41) is 2.84. The predicted octanol–water partition coefficient (Wildman–Crippen LogP) is 2.28. The van der Waals surface area contributed by atoms with Crippen LogP contribution in [0.1, 0.15) is 26.3 Å². The Bertz CT molecular complexity index is 1010. The molecule has 0 saturated carbocycles. The van der Waals surface area contributed by atoms with Crippen LogP contribution in [0.2, 0.25) is 0 Å². The van der Waals surface area contributed by atoms with Gasteiger partial charge in [0.15, 0.2) is 0 Å². The van der Waals surface area contributed by atoms with E-state index in [1.165, 1.54) is 19.0 Å². The quantitative estimate of drug-likeness (QED) is 0.541. The summed E-state index contributed by atoms with van der Waals surface area (Å²) < 4.78 is 28.2. The number of benzene rings is 2. The molecule has 0 saturated heterocycles. The number of anilines is 1. The van der Waals surface area contributed by atoms with Crippen molar-refractivity contribution in [2.45, 2.75) is 39.3 Å². The minimum Gasteiger partial charge on any atom is -0.352 e. The molecule has 1 N–H and O–H groups in total. The van der Waals surface area contributed by atoms with E-state index in [1.807, 2.05) is 44.2 Å². The summed E-state index contributed by atoms with van der Waals surface area (Å²) >= 11 is 0. The number of rotatable bonds is 11. The minimum atomic E-state index is -3.93. The Hall–Kier alpha value is -2.91. The van der Waals surface area contributed by atoms with Crippen molar-refractivity contribution in [3.63, 3.8) is 0 Å². The minimum absolute atomic E-state index is 0.0824. The number of nitrogens with one attached hydrogen (secondary N) is 1. The van der Waals surface area contributed by atoms with Crippen molar-refractivity contribution in [2.75, 3.05) is 31.5 Å². The SMILES string of the molecule is CC(C)NC(=O)C(C)N(CCc1ccccc1)C(=O)CN(c1ccccc1)S(=O)(=O)N(C)C. The molecule has 0 spiro atoms. The van der Waals surface area contributed by atoms with Gasteiger partial charge in [0.05, 0.1) is 5.69 Å². The largest absolute Gasteiger partial charge is 0.352 e. The van der Waals surface area contributed by atoms with Crippen LogP contribution in [0.3, 0.4) is 0 Å². The second-order valence-corrected chi connectivity index (χ2v) is 10.4. The zero-order chi connectivity index (χ0) is 24.6. The number of nitrogens with zero attached hydrogens (tertiary/aromatic N) is 3. The predicted molar refractivity (Wildman–Crippen MR) is 131 cm³/mol. The lowest BCUT2D eigenvalue weighted by Crippen LogP contribution is -2.54.